The number of amides is 3. The number of fused-ring (bicyclic) bond motifs is 1. The summed E-state index contributed by atoms with van der Waals surface area (Å²) in [5.74, 6) is 1.98. The number of aldehydes is 2. The van der Waals surface area contributed by atoms with Crippen LogP contribution < -0.4 is 36.2 Å². The zero-order valence-corrected chi connectivity index (χ0v) is 55.1. The number of aryl methyl sites for hydroxylation is 1. The van der Waals surface area contributed by atoms with Gasteiger partial charge in [0.25, 0.3) is 5.91 Å². The van der Waals surface area contributed by atoms with Gasteiger partial charge in [0, 0.05) is 88.7 Å². The first-order valence-corrected chi connectivity index (χ1v) is 32.1. The molecular weight excluding hydrogens is 1110 g/mol. The van der Waals surface area contributed by atoms with Crippen LogP contribution in [0, 0.1) is 12.8 Å². The highest BCUT2D eigenvalue weighted by atomic mass is 16.5. The van der Waals surface area contributed by atoms with E-state index >= 15 is 0 Å². The third-order valence-electron chi connectivity index (χ3n) is 15.3. The van der Waals surface area contributed by atoms with Gasteiger partial charge in [-0.3, -0.25) is 19.4 Å². The Morgan fingerprint density at radius 3 is 2.08 bits per heavy atom. The van der Waals surface area contributed by atoms with Crippen LogP contribution in [0.4, 0.5) is 11.4 Å². The van der Waals surface area contributed by atoms with Gasteiger partial charge in [0.2, 0.25) is 12.3 Å². The average molecular weight is 1220 g/mol. The van der Waals surface area contributed by atoms with Crippen molar-refractivity contribution in [3.05, 3.63) is 127 Å². The highest BCUT2D eigenvalue weighted by Crippen LogP contribution is 2.31. The first-order chi connectivity index (χ1) is 42.8. The number of hydrogen-bond acceptors (Lipinski definition) is 14. The summed E-state index contributed by atoms with van der Waals surface area (Å²) in [6.07, 6.45) is 18.0. The number of likely N-dealkylation sites (N-methyl/N-ethyl adjacent to an activating group) is 2. The van der Waals surface area contributed by atoms with Gasteiger partial charge in [-0.25, -0.2) is 0 Å². The molecule has 88 heavy (non-hydrogen) atoms. The molecule has 2 saturated heterocycles. The van der Waals surface area contributed by atoms with E-state index in [1.165, 1.54) is 11.3 Å². The molecule has 3 aromatic rings. The summed E-state index contributed by atoms with van der Waals surface area (Å²) in [5, 5.41) is 16.5. The molecule has 0 bridgehead atoms. The minimum absolute atomic E-state index is 0.00331. The fraction of sp³-hybridized carbons (Fsp3) is 0.571. The smallest absolute Gasteiger partial charge is 0.255 e. The molecule has 4 atom stereocenters. The molecule has 3 aliphatic rings. The van der Waals surface area contributed by atoms with E-state index in [1.807, 2.05) is 63.2 Å². The van der Waals surface area contributed by atoms with Gasteiger partial charge in [0.05, 0.1) is 51.2 Å². The topological polar surface area (TPSA) is 205 Å². The minimum Gasteiger partial charge on any atom is -0.494 e. The minimum atomic E-state index is -0.614. The number of anilines is 2. The molecule has 0 aromatic heterocycles. The normalized spacial score (nSPS) is 15.7. The van der Waals surface area contributed by atoms with Crippen LogP contribution in [0.3, 0.4) is 0 Å². The molecule has 3 aliphatic heterocycles. The van der Waals surface area contributed by atoms with Gasteiger partial charge >= 0.3 is 0 Å². The quantitative estimate of drug-likeness (QED) is 0.0121. The summed E-state index contributed by atoms with van der Waals surface area (Å²) >= 11 is 0. The number of allylic oxidation sites excluding steroid dienone is 2. The molecule has 18 heteroatoms. The number of unbranched alkanes of at least 4 members (excludes halogenated alkanes) is 3. The molecule has 18 nitrogen and oxygen atoms in total. The number of hydrogen-bond donors (Lipinski definition) is 5. The summed E-state index contributed by atoms with van der Waals surface area (Å²) in [6.45, 7) is 35.8. The van der Waals surface area contributed by atoms with Gasteiger partial charge in [-0.05, 0) is 164 Å². The number of carbonyl (C=O) groups is 5. The van der Waals surface area contributed by atoms with Crippen molar-refractivity contribution in [2.24, 2.45) is 10.9 Å². The lowest BCUT2D eigenvalue weighted by Crippen LogP contribution is -2.59. The largest absolute Gasteiger partial charge is 0.494 e. The van der Waals surface area contributed by atoms with Crippen LogP contribution >= 0.6 is 0 Å². The van der Waals surface area contributed by atoms with Crippen LogP contribution in [-0.2, 0) is 39.9 Å². The number of piperazine rings is 1. The first-order valence-electron chi connectivity index (χ1n) is 32.1. The second-order valence-electron chi connectivity index (χ2n) is 21.8. The second kappa shape index (κ2) is 47.3. The zero-order chi connectivity index (χ0) is 64.8. The molecule has 6 rings (SSSR count). The summed E-state index contributed by atoms with van der Waals surface area (Å²) in [6, 6.07) is 22.2. The van der Waals surface area contributed by atoms with Crippen molar-refractivity contribution in [1.82, 2.24) is 31.1 Å². The highest BCUT2D eigenvalue weighted by Gasteiger charge is 2.39. The molecule has 5 N–H and O–H groups in total. The fourth-order valence-electron chi connectivity index (χ4n) is 10.1. The van der Waals surface area contributed by atoms with Crippen molar-refractivity contribution in [1.29, 1.82) is 0 Å². The Morgan fingerprint density at radius 1 is 0.830 bits per heavy atom. The van der Waals surface area contributed by atoms with Gasteiger partial charge in [0.15, 0.2) is 0 Å². The molecule has 490 valence electrons. The van der Waals surface area contributed by atoms with Gasteiger partial charge in [-0.2, -0.15) is 0 Å². The summed E-state index contributed by atoms with van der Waals surface area (Å²) in [7, 11) is 3.67. The van der Waals surface area contributed by atoms with Crippen LogP contribution in [0.15, 0.2) is 110 Å². The SMILES string of the molecule is C=C.C=CCC(/C=C\C)CN=C(NC(C)CC)C1(Nc2cccc(C)c2)CCNCC1.CC.CC(NC=O)c1ccc(OCCCCCCOCCOCCOCCC=O)cc1.CNC(=O)C(CCC=O)N1Cc2cc(N3CCN(C)CC3)ccc2C1=O. The van der Waals surface area contributed by atoms with Crippen LogP contribution in [-0.4, -0.2) is 170 Å². The first kappa shape index (κ1) is 77.4. The van der Waals surface area contributed by atoms with Crippen molar-refractivity contribution < 1.29 is 42.9 Å². The van der Waals surface area contributed by atoms with Crippen LogP contribution in [0.2, 0.25) is 0 Å². The molecule has 3 amide bonds. The van der Waals surface area contributed by atoms with Gasteiger partial charge in [-0.1, -0.05) is 69.7 Å². The molecular formula is C70H111N9O9. The molecule has 0 saturated carbocycles. The number of ether oxygens (including phenoxy) is 4. The summed E-state index contributed by atoms with van der Waals surface area (Å²) in [4.78, 5) is 67.7. The maximum absolute atomic E-state index is 12.8. The van der Waals surface area contributed by atoms with E-state index in [2.05, 4.69) is 133 Å². The van der Waals surface area contributed by atoms with E-state index < -0.39 is 6.04 Å². The van der Waals surface area contributed by atoms with Gasteiger partial charge < -0.3 is 69.8 Å². The molecule has 0 aliphatic carbocycles. The van der Waals surface area contributed by atoms with Crippen molar-refractivity contribution in [2.45, 2.75) is 149 Å². The molecule has 2 fully saturated rings. The van der Waals surface area contributed by atoms with Crippen molar-refractivity contribution in [3.8, 4) is 5.75 Å². The second-order valence-corrected chi connectivity index (χ2v) is 21.8. The summed E-state index contributed by atoms with van der Waals surface area (Å²) < 4.78 is 21.9. The highest BCUT2D eigenvalue weighted by molar-refractivity contribution is 6.01. The molecule has 0 radical (unpaired) electrons. The van der Waals surface area contributed by atoms with Crippen LogP contribution in [0.1, 0.15) is 145 Å². The third kappa shape index (κ3) is 29.1. The van der Waals surface area contributed by atoms with E-state index in [9.17, 15) is 24.0 Å². The third-order valence-corrected chi connectivity index (χ3v) is 15.3. The van der Waals surface area contributed by atoms with E-state index in [0.29, 0.717) is 83.0 Å². The Balaban J connectivity index is 0.000000438. The standard InChI is InChI=1S/C25H40N4.C22H35NO6.C19H26N4O3.C2H6.C2H4/c1-6-10-22(11-7-2)19-27-24(28-21(5)8-3)25(14-16-26-17-15-25)29-23-13-9-12-20(4)18-23;1-20(23-19-25)21-7-9-22(10-8-21)29-14-5-3-2-4-12-26-15-17-28-18-16-27-13-6-11-24;1-20-18(25)17(4-3-11-24)23-13-14-12-15(5-6-16(14)19(23)26)22-9-7-21(2)8-10-22;2*1-2/h6-7,9,11-13,18,21-22,26,29H,1,8,10,14-17,19H2,2-5H3,(H,27,28);7-11,19-20H,2-6,12-18H2,1H3,(H,23,25);5-6,11-12,17H,3-4,7-10,13H2,1-2H3,(H,20,25);1-2H3;1-2H2/b11-7-;;;;. The number of amidine groups is 1. The Labute approximate surface area is 529 Å². The number of aliphatic imine (C=N–C) groups is 1. The van der Waals surface area contributed by atoms with Crippen molar-refractivity contribution >= 4 is 48.0 Å². The van der Waals surface area contributed by atoms with Crippen molar-refractivity contribution in [3.63, 3.8) is 0 Å². The Bertz CT molecular complexity index is 2460. The van der Waals surface area contributed by atoms with Crippen LogP contribution in [0.5, 0.6) is 5.75 Å². The predicted molar refractivity (Wildman–Crippen MR) is 361 cm³/mol. The van der Waals surface area contributed by atoms with E-state index in [-0.39, 0.29) is 29.8 Å². The zero-order valence-electron chi connectivity index (χ0n) is 55.1. The fourth-order valence-corrected chi connectivity index (χ4v) is 10.1. The molecule has 3 heterocycles. The monoisotopic (exact) mass is 1220 g/mol. The molecule has 0 spiro atoms. The lowest BCUT2D eigenvalue weighted by atomic mass is 9.85. The Hall–Kier alpha value is -6.70. The van der Waals surface area contributed by atoms with Gasteiger partial charge in [0.1, 0.15) is 30.2 Å². The number of benzene rings is 3. The lowest BCUT2D eigenvalue weighted by Gasteiger charge is -2.41. The van der Waals surface area contributed by atoms with Crippen molar-refractivity contribution in [2.75, 3.05) is 116 Å². The van der Waals surface area contributed by atoms with Gasteiger partial charge in [-0.15, -0.1) is 19.7 Å². The number of nitrogens with one attached hydrogen (secondary N) is 5. The predicted octanol–water partition coefficient (Wildman–Crippen LogP) is 10.5. The molecule has 4 unspecified atom stereocenters. The maximum Gasteiger partial charge on any atom is 0.255 e. The number of piperidine rings is 1. The number of rotatable bonds is 36. The summed E-state index contributed by atoms with van der Waals surface area (Å²) in [5.41, 5.74) is 6.05. The average Bonchev–Trinajstić information content (AvgIpc) is 3.09. The van der Waals surface area contributed by atoms with E-state index in [1.54, 1.807) is 11.9 Å². The van der Waals surface area contributed by atoms with Crippen LogP contribution in [0.25, 0.3) is 0 Å². The van der Waals surface area contributed by atoms with E-state index in [4.69, 9.17) is 23.9 Å². The Kier molecular flexibility index (Phi) is 41.6. The molecule has 3 aromatic carbocycles. The lowest BCUT2D eigenvalue weighted by molar-refractivity contribution is -0.125. The van der Waals surface area contributed by atoms with E-state index in [0.717, 1.165) is 145 Å². The Morgan fingerprint density at radius 2 is 1.48 bits per heavy atom. The number of carbonyl (C=O) groups excluding carboxylic acids is 5. The number of nitrogens with zero attached hydrogens (tertiary/aromatic N) is 4. The maximum atomic E-state index is 12.8.